The Morgan fingerprint density at radius 1 is 1.20 bits per heavy atom. The van der Waals surface area contributed by atoms with E-state index in [9.17, 15) is 19.6 Å². The summed E-state index contributed by atoms with van der Waals surface area (Å²) < 4.78 is 5.96. The van der Waals surface area contributed by atoms with Crippen LogP contribution in [0.4, 0.5) is 5.69 Å². The van der Waals surface area contributed by atoms with Crippen LogP contribution in [0.15, 0.2) is 36.4 Å². The fourth-order valence-corrected chi connectivity index (χ4v) is 3.49. The monoisotopic (exact) mass is 412 g/mol. The maximum atomic E-state index is 12.7. The standard InChI is InChI=1S/C22H29BN2O5/c1-14(2)20(25(5)13-26)22(27)24-19-9-15(3)21(16(4)10-19)30-12-17-7-6-8-18(11-17)23(28)29/h6-11,13-14,20,28-29H,12H2,1-5H3,(H,24,27)/t20-/m0/s1. The molecule has 8 heteroatoms. The predicted molar refractivity (Wildman–Crippen MR) is 118 cm³/mol. The maximum absolute atomic E-state index is 12.7. The highest BCUT2D eigenvalue weighted by Gasteiger charge is 2.26. The van der Waals surface area contributed by atoms with Crippen molar-refractivity contribution in [3.8, 4) is 5.75 Å². The second kappa shape index (κ2) is 10.3. The number of benzene rings is 2. The van der Waals surface area contributed by atoms with Crippen LogP contribution in [-0.4, -0.2) is 47.5 Å². The van der Waals surface area contributed by atoms with Crippen LogP contribution in [-0.2, 0) is 16.2 Å². The first-order chi connectivity index (χ1) is 14.1. The van der Waals surface area contributed by atoms with E-state index in [4.69, 9.17) is 4.74 Å². The summed E-state index contributed by atoms with van der Waals surface area (Å²) in [5.74, 6) is 0.429. The highest BCUT2D eigenvalue weighted by Crippen LogP contribution is 2.28. The molecule has 30 heavy (non-hydrogen) atoms. The van der Waals surface area contributed by atoms with E-state index in [2.05, 4.69) is 5.32 Å². The van der Waals surface area contributed by atoms with Gasteiger partial charge in [0.1, 0.15) is 18.4 Å². The number of amides is 2. The van der Waals surface area contributed by atoms with E-state index in [1.807, 2.05) is 45.9 Å². The minimum Gasteiger partial charge on any atom is -0.488 e. The van der Waals surface area contributed by atoms with Crippen LogP contribution < -0.4 is 15.5 Å². The quantitative estimate of drug-likeness (QED) is 0.430. The van der Waals surface area contributed by atoms with E-state index >= 15 is 0 Å². The molecule has 0 saturated carbocycles. The summed E-state index contributed by atoms with van der Waals surface area (Å²) in [6.07, 6.45) is 0.655. The minimum absolute atomic E-state index is 0.0294. The molecule has 0 aliphatic carbocycles. The number of carbonyl (C=O) groups excluding carboxylic acids is 2. The molecule has 7 nitrogen and oxygen atoms in total. The predicted octanol–water partition coefficient (Wildman–Crippen LogP) is 1.61. The zero-order chi connectivity index (χ0) is 22.4. The molecule has 2 aromatic rings. The van der Waals surface area contributed by atoms with E-state index in [0.717, 1.165) is 16.7 Å². The molecule has 0 aliphatic rings. The van der Waals surface area contributed by atoms with Crippen LogP contribution in [0.1, 0.15) is 30.5 Å². The zero-order valence-electron chi connectivity index (χ0n) is 18.0. The third-order valence-corrected chi connectivity index (χ3v) is 4.87. The van der Waals surface area contributed by atoms with Crippen molar-refractivity contribution in [2.45, 2.75) is 40.3 Å². The fourth-order valence-electron chi connectivity index (χ4n) is 3.49. The van der Waals surface area contributed by atoms with Crippen molar-refractivity contribution in [1.82, 2.24) is 4.90 Å². The molecule has 0 aromatic heterocycles. The molecule has 2 aromatic carbocycles. The number of hydrogen-bond donors (Lipinski definition) is 3. The van der Waals surface area contributed by atoms with Gasteiger partial charge in [-0.1, -0.05) is 38.1 Å². The summed E-state index contributed by atoms with van der Waals surface area (Å²) in [4.78, 5) is 25.2. The van der Waals surface area contributed by atoms with Crippen LogP contribution in [0.3, 0.4) is 0 Å². The van der Waals surface area contributed by atoms with Crippen LogP contribution in [0, 0.1) is 19.8 Å². The molecule has 0 spiro atoms. The van der Waals surface area contributed by atoms with Gasteiger partial charge in [-0.05, 0) is 54.1 Å². The lowest BCUT2D eigenvalue weighted by Gasteiger charge is -2.27. The van der Waals surface area contributed by atoms with Gasteiger partial charge in [-0.15, -0.1) is 0 Å². The molecular weight excluding hydrogens is 383 g/mol. The van der Waals surface area contributed by atoms with Gasteiger partial charge in [0.2, 0.25) is 12.3 Å². The second-order valence-electron chi connectivity index (χ2n) is 7.80. The van der Waals surface area contributed by atoms with Crippen molar-refractivity contribution in [2.24, 2.45) is 5.92 Å². The number of nitrogens with zero attached hydrogens (tertiary/aromatic N) is 1. The molecule has 0 saturated heterocycles. The molecule has 1 atom stereocenters. The number of hydrogen-bond acceptors (Lipinski definition) is 5. The summed E-state index contributed by atoms with van der Waals surface area (Å²) >= 11 is 0. The Labute approximate surface area is 177 Å². The number of aryl methyl sites for hydroxylation is 2. The van der Waals surface area contributed by atoms with Crippen molar-refractivity contribution < 1.29 is 24.4 Å². The Balaban J connectivity index is 2.14. The van der Waals surface area contributed by atoms with E-state index < -0.39 is 13.2 Å². The van der Waals surface area contributed by atoms with Gasteiger partial charge in [-0.2, -0.15) is 0 Å². The summed E-state index contributed by atoms with van der Waals surface area (Å²) in [6.45, 7) is 7.84. The Bertz CT molecular complexity index is 878. The smallest absolute Gasteiger partial charge is 0.488 e. The van der Waals surface area contributed by atoms with Gasteiger partial charge < -0.3 is 25.0 Å². The number of nitrogens with one attached hydrogen (secondary N) is 1. The normalized spacial score (nSPS) is 11.7. The number of likely N-dealkylation sites (N-methyl/N-ethyl adjacent to an activating group) is 1. The lowest BCUT2D eigenvalue weighted by Crippen LogP contribution is -2.44. The van der Waals surface area contributed by atoms with Gasteiger partial charge in [0.05, 0.1) is 0 Å². The molecule has 3 N–H and O–H groups in total. The summed E-state index contributed by atoms with van der Waals surface area (Å²) in [5, 5.41) is 21.5. The van der Waals surface area contributed by atoms with E-state index in [1.165, 1.54) is 4.90 Å². The largest absolute Gasteiger partial charge is 0.488 e. The highest BCUT2D eigenvalue weighted by molar-refractivity contribution is 6.58. The molecule has 0 radical (unpaired) electrons. The second-order valence-corrected chi connectivity index (χ2v) is 7.80. The molecule has 0 unspecified atom stereocenters. The first-order valence-corrected chi connectivity index (χ1v) is 9.81. The lowest BCUT2D eigenvalue weighted by atomic mass is 9.80. The number of anilines is 1. The van der Waals surface area contributed by atoms with Crippen molar-refractivity contribution >= 4 is 30.6 Å². The Morgan fingerprint density at radius 2 is 1.83 bits per heavy atom. The SMILES string of the molecule is Cc1cc(NC(=O)[C@H](C(C)C)N(C)C=O)cc(C)c1OCc1cccc(B(O)O)c1. The van der Waals surface area contributed by atoms with Crippen molar-refractivity contribution in [3.05, 3.63) is 53.1 Å². The average Bonchev–Trinajstić information content (AvgIpc) is 2.67. The van der Waals surface area contributed by atoms with Crippen molar-refractivity contribution in [2.75, 3.05) is 12.4 Å². The number of carbonyl (C=O) groups is 2. The van der Waals surface area contributed by atoms with E-state index in [0.29, 0.717) is 23.3 Å². The summed E-state index contributed by atoms with van der Waals surface area (Å²) in [6, 6.07) is 9.99. The third-order valence-electron chi connectivity index (χ3n) is 4.87. The zero-order valence-corrected chi connectivity index (χ0v) is 18.0. The highest BCUT2D eigenvalue weighted by atomic mass is 16.5. The maximum Gasteiger partial charge on any atom is 0.488 e. The van der Waals surface area contributed by atoms with Gasteiger partial charge in [0.15, 0.2) is 0 Å². The number of rotatable bonds is 9. The van der Waals surface area contributed by atoms with Crippen LogP contribution >= 0.6 is 0 Å². The van der Waals surface area contributed by atoms with Gasteiger partial charge in [0, 0.05) is 12.7 Å². The van der Waals surface area contributed by atoms with Gasteiger partial charge in [-0.25, -0.2) is 0 Å². The fraction of sp³-hybridized carbons (Fsp3) is 0.364. The third kappa shape index (κ3) is 5.84. The summed E-state index contributed by atoms with van der Waals surface area (Å²) in [7, 11) is 0.0689. The van der Waals surface area contributed by atoms with Gasteiger partial charge >= 0.3 is 7.12 Å². The van der Waals surface area contributed by atoms with E-state index in [-0.39, 0.29) is 18.4 Å². The Hall–Kier alpha value is -2.84. The van der Waals surface area contributed by atoms with E-state index in [1.54, 1.807) is 25.2 Å². The Kier molecular flexibility index (Phi) is 8.03. The van der Waals surface area contributed by atoms with Crippen LogP contribution in [0.5, 0.6) is 5.75 Å². The van der Waals surface area contributed by atoms with Gasteiger partial charge in [0.25, 0.3) is 0 Å². The lowest BCUT2D eigenvalue weighted by molar-refractivity contribution is -0.130. The van der Waals surface area contributed by atoms with Gasteiger partial charge in [-0.3, -0.25) is 9.59 Å². The first-order valence-electron chi connectivity index (χ1n) is 9.81. The first kappa shape index (κ1) is 23.4. The Morgan fingerprint density at radius 3 is 2.37 bits per heavy atom. The molecule has 0 heterocycles. The van der Waals surface area contributed by atoms with Crippen molar-refractivity contribution in [3.63, 3.8) is 0 Å². The molecule has 160 valence electrons. The molecule has 2 amide bonds. The molecular formula is C22H29BN2O5. The van der Waals surface area contributed by atoms with Crippen LogP contribution in [0.25, 0.3) is 0 Å². The molecule has 0 bridgehead atoms. The van der Waals surface area contributed by atoms with Crippen molar-refractivity contribution in [1.29, 1.82) is 0 Å². The van der Waals surface area contributed by atoms with Crippen LogP contribution in [0.2, 0.25) is 0 Å². The molecule has 2 rings (SSSR count). The number of ether oxygens (including phenoxy) is 1. The molecule has 0 fully saturated rings. The average molecular weight is 412 g/mol. The molecule has 0 aliphatic heterocycles. The topological polar surface area (TPSA) is 99.1 Å². The summed E-state index contributed by atoms with van der Waals surface area (Å²) in [5.41, 5.74) is 3.57. The minimum atomic E-state index is -1.52.